The molecule has 0 amide bonds. The van der Waals surface area contributed by atoms with Crippen molar-refractivity contribution >= 4 is 0 Å². The Morgan fingerprint density at radius 3 is 2.12 bits per heavy atom. The van der Waals surface area contributed by atoms with E-state index < -0.39 is 6.10 Å². The first-order valence-corrected chi connectivity index (χ1v) is 7.18. The summed E-state index contributed by atoms with van der Waals surface area (Å²) < 4.78 is 5.33. The summed E-state index contributed by atoms with van der Waals surface area (Å²) in [6.07, 6.45) is 10.3. The number of hydrogen-bond acceptors (Lipinski definition) is 3. The predicted molar refractivity (Wildman–Crippen MR) is 71.1 cm³/mol. The van der Waals surface area contributed by atoms with Gasteiger partial charge in [0.15, 0.2) is 0 Å². The molecule has 1 unspecified atom stereocenters. The molecule has 0 bridgehead atoms. The summed E-state index contributed by atoms with van der Waals surface area (Å²) in [6, 6.07) is 0. The zero-order valence-corrected chi connectivity index (χ0v) is 11.4. The first kappa shape index (κ1) is 16.9. The maximum Gasteiger partial charge on any atom is 0.0795 e. The maximum atomic E-state index is 9.29. The molecule has 0 aliphatic heterocycles. The fraction of sp³-hybridized carbons (Fsp3) is 1.00. The third kappa shape index (κ3) is 13.8. The van der Waals surface area contributed by atoms with Crippen molar-refractivity contribution in [1.82, 2.24) is 0 Å². The average molecular weight is 246 g/mol. The van der Waals surface area contributed by atoms with Gasteiger partial charge in [-0.05, 0) is 12.8 Å². The summed E-state index contributed by atoms with van der Waals surface area (Å²) >= 11 is 0. The Hall–Kier alpha value is -0.120. The quantitative estimate of drug-likeness (QED) is 0.491. The summed E-state index contributed by atoms with van der Waals surface area (Å²) in [6.45, 7) is 3.36. The van der Waals surface area contributed by atoms with E-state index in [-0.39, 0.29) is 6.61 Å². The van der Waals surface area contributed by atoms with Gasteiger partial charge in [-0.25, -0.2) is 0 Å². The van der Waals surface area contributed by atoms with E-state index in [0.717, 1.165) is 13.0 Å². The molecule has 17 heavy (non-hydrogen) atoms. The fourth-order valence-electron chi connectivity index (χ4n) is 1.79. The molecule has 0 aromatic carbocycles. The second kappa shape index (κ2) is 13.9. The number of aliphatic hydroxyl groups is 2. The largest absolute Gasteiger partial charge is 0.396 e. The maximum absolute atomic E-state index is 9.29. The van der Waals surface area contributed by atoms with Crippen molar-refractivity contribution in [1.29, 1.82) is 0 Å². The van der Waals surface area contributed by atoms with Gasteiger partial charge in [0.05, 0.1) is 12.7 Å². The molecule has 0 aromatic heterocycles. The van der Waals surface area contributed by atoms with Crippen LogP contribution in [0.25, 0.3) is 0 Å². The van der Waals surface area contributed by atoms with Crippen molar-refractivity contribution < 1.29 is 14.9 Å². The van der Waals surface area contributed by atoms with Crippen molar-refractivity contribution in [3.63, 3.8) is 0 Å². The van der Waals surface area contributed by atoms with Gasteiger partial charge < -0.3 is 14.9 Å². The molecule has 2 N–H and O–H groups in total. The van der Waals surface area contributed by atoms with Crippen molar-refractivity contribution in [3.8, 4) is 0 Å². The molecular formula is C14H30O3. The van der Waals surface area contributed by atoms with Crippen LogP contribution < -0.4 is 0 Å². The van der Waals surface area contributed by atoms with E-state index in [1.807, 2.05) is 0 Å². The number of ether oxygens (including phenoxy) is 1. The van der Waals surface area contributed by atoms with Crippen LogP contribution >= 0.6 is 0 Å². The molecule has 0 aliphatic rings. The highest BCUT2D eigenvalue weighted by atomic mass is 16.5. The Morgan fingerprint density at radius 1 is 0.941 bits per heavy atom. The third-order valence-electron chi connectivity index (χ3n) is 2.91. The fourth-order valence-corrected chi connectivity index (χ4v) is 1.79. The Labute approximate surface area is 106 Å². The Balaban J connectivity index is 2.98. The highest BCUT2D eigenvalue weighted by Crippen LogP contribution is 2.08. The lowest BCUT2D eigenvalue weighted by molar-refractivity contribution is 0.0228. The van der Waals surface area contributed by atoms with Crippen LogP contribution in [-0.2, 0) is 4.74 Å². The highest BCUT2D eigenvalue weighted by molar-refractivity contribution is 4.52. The summed E-state index contributed by atoms with van der Waals surface area (Å²) in [5.74, 6) is 0. The summed E-state index contributed by atoms with van der Waals surface area (Å²) in [7, 11) is 0. The molecule has 0 rings (SSSR count). The normalized spacial score (nSPS) is 12.9. The van der Waals surface area contributed by atoms with E-state index in [4.69, 9.17) is 9.84 Å². The molecule has 0 heterocycles. The van der Waals surface area contributed by atoms with E-state index in [9.17, 15) is 5.11 Å². The van der Waals surface area contributed by atoms with Gasteiger partial charge in [0.25, 0.3) is 0 Å². The standard InChI is InChI=1S/C14H30O3/c1-2-3-4-5-6-7-8-9-12-17-13-14(16)10-11-15/h14-16H,2-13H2,1H3. The van der Waals surface area contributed by atoms with E-state index in [2.05, 4.69) is 6.92 Å². The molecule has 3 heteroatoms. The molecular weight excluding hydrogens is 216 g/mol. The number of unbranched alkanes of at least 4 members (excludes halogenated alkanes) is 7. The van der Waals surface area contributed by atoms with Crippen LogP contribution in [0.3, 0.4) is 0 Å². The van der Waals surface area contributed by atoms with Crippen LogP contribution in [0.4, 0.5) is 0 Å². The smallest absolute Gasteiger partial charge is 0.0795 e. The van der Waals surface area contributed by atoms with Crippen LogP contribution in [0.1, 0.15) is 64.7 Å². The average Bonchev–Trinajstić information content (AvgIpc) is 2.32. The second-order valence-electron chi connectivity index (χ2n) is 4.72. The molecule has 0 aliphatic carbocycles. The van der Waals surface area contributed by atoms with E-state index in [1.165, 1.54) is 44.9 Å². The van der Waals surface area contributed by atoms with Crippen molar-refractivity contribution in [2.45, 2.75) is 70.8 Å². The van der Waals surface area contributed by atoms with Crippen molar-refractivity contribution in [2.75, 3.05) is 19.8 Å². The summed E-state index contributed by atoms with van der Waals surface area (Å²) in [5, 5.41) is 17.9. The summed E-state index contributed by atoms with van der Waals surface area (Å²) in [4.78, 5) is 0. The summed E-state index contributed by atoms with van der Waals surface area (Å²) in [5.41, 5.74) is 0. The predicted octanol–water partition coefficient (Wildman–Crippen LogP) is 2.89. The minimum Gasteiger partial charge on any atom is -0.396 e. The van der Waals surface area contributed by atoms with Gasteiger partial charge in [0.2, 0.25) is 0 Å². The first-order chi connectivity index (χ1) is 8.31. The van der Waals surface area contributed by atoms with E-state index in [1.54, 1.807) is 0 Å². The monoisotopic (exact) mass is 246 g/mol. The van der Waals surface area contributed by atoms with E-state index in [0.29, 0.717) is 13.0 Å². The highest BCUT2D eigenvalue weighted by Gasteiger charge is 2.02. The zero-order valence-electron chi connectivity index (χ0n) is 11.4. The lowest BCUT2D eigenvalue weighted by Crippen LogP contribution is -2.17. The van der Waals surface area contributed by atoms with Crippen LogP contribution in [0.2, 0.25) is 0 Å². The third-order valence-corrected chi connectivity index (χ3v) is 2.91. The van der Waals surface area contributed by atoms with Crippen LogP contribution in [0, 0.1) is 0 Å². The molecule has 3 nitrogen and oxygen atoms in total. The molecule has 0 radical (unpaired) electrons. The Kier molecular flexibility index (Phi) is 13.8. The minimum absolute atomic E-state index is 0.0300. The number of aliphatic hydroxyl groups excluding tert-OH is 2. The van der Waals surface area contributed by atoms with Gasteiger partial charge in [-0.1, -0.05) is 51.9 Å². The van der Waals surface area contributed by atoms with Gasteiger partial charge in [-0.15, -0.1) is 0 Å². The molecule has 0 aromatic rings. The minimum atomic E-state index is -0.506. The van der Waals surface area contributed by atoms with Gasteiger partial charge in [0, 0.05) is 13.2 Å². The number of hydrogen-bond donors (Lipinski definition) is 2. The van der Waals surface area contributed by atoms with Crippen LogP contribution in [0.15, 0.2) is 0 Å². The molecule has 0 fully saturated rings. The van der Waals surface area contributed by atoms with Crippen LogP contribution in [-0.4, -0.2) is 36.1 Å². The second-order valence-corrected chi connectivity index (χ2v) is 4.72. The zero-order chi connectivity index (χ0) is 12.8. The van der Waals surface area contributed by atoms with Crippen LogP contribution in [0.5, 0.6) is 0 Å². The first-order valence-electron chi connectivity index (χ1n) is 7.18. The Morgan fingerprint density at radius 2 is 1.53 bits per heavy atom. The molecule has 104 valence electrons. The molecule has 0 saturated heterocycles. The van der Waals surface area contributed by atoms with Crippen molar-refractivity contribution in [2.24, 2.45) is 0 Å². The lowest BCUT2D eigenvalue weighted by atomic mass is 10.1. The molecule has 1 atom stereocenters. The molecule has 0 saturated carbocycles. The van der Waals surface area contributed by atoms with Gasteiger partial charge in [-0.2, -0.15) is 0 Å². The number of rotatable bonds is 13. The van der Waals surface area contributed by atoms with E-state index >= 15 is 0 Å². The topological polar surface area (TPSA) is 49.7 Å². The van der Waals surface area contributed by atoms with Gasteiger partial charge in [0.1, 0.15) is 0 Å². The lowest BCUT2D eigenvalue weighted by Gasteiger charge is -2.09. The Bertz CT molecular complexity index is 139. The SMILES string of the molecule is CCCCCCCCCCOCC(O)CCO. The molecule has 0 spiro atoms. The van der Waals surface area contributed by atoms with Gasteiger partial charge >= 0.3 is 0 Å². The van der Waals surface area contributed by atoms with Crippen molar-refractivity contribution in [3.05, 3.63) is 0 Å². The van der Waals surface area contributed by atoms with Gasteiger partial charge in [-0.3, -0.25) is 0 Å².